The van der Waals surface area contributed by atoms with Crippen LogP contribution < -0.4 is 16.4 Å². The van der Waals surface area contributed by atoms with Crippen molar-refractivity contribution in [1.82, 2.24) is 9.97 Å². The van der Waals surface area contributed by atoms with Crippen LogP contribution in [0.4, 0.5) is 17.6 Å². The molecule has 106 valence electrons. The summed E-state index contributed by atoms with van der Waals surface area (Å²) in [5, 5.41) is 7.14. The molecule has 0 aliphatic rings. The van der Waals surface area contributed by atoms with Crippen LogP contribution in [0.1, 0.15) is 18.9 Å². The minimum atomic E-state index is 0.254. The topological polar surface area (TPSA) is 75.9 Å². The number of nitrogens with one attached hydrogen (secondary N) is 2. The van der Waals surface area contributed by atoms with Gasteiger partial charge in [0.1, 0.15) is 11.6 Å². The molecule has 0 spiro atoms. The predicted molar refractivity (Wildman–Crippen MR) is 84.0 cm³/mol. The molecule has 1 aromatic heterocycles. The second-order valence-electron chi connectivity index (χ2n) is 4.40. The summed E-state index contributed by atoms with van der Waals surface area (Å²) >= 11 is 5.85. The first kappa shape index (κ1) is 14.4. The van der Waals surface area contributed by atoms with E-state index in [-0.39, 0.29) is 5.95 Å². The first-order chi connectivity index (χ1) is 9.67. The van der Waals surface area contributed by atoms with Crippen molar-refractivity contribution in [3.63, 3.8) is 0 Å². The zero-order valence-electron chi connectivity index (χ0n) is 11.4. The van der Waals surface area contributed by atoms with Gasteiger partial charge in [-0.15, -0.1) is 0 Å². The lowest BCUT2D eigenvalue weighted by atomic mass is 10.2. The number of halogens is 1. The van der Waals surface area contributed by atoms with E-state index in [1.807, 2.05) is 30.3 Å². The summed E-state index contributed by atoms with van der Waals surface area (Å²) in [4.78, 5) is 8.30. The van der Waals surface area contributed by atoms with Crippen LogP contribution in [0.25, 0.3) is 0 Å². The fourth-order valence-electron chi connectivity index (χ4n) is 1.69. The lowest BCUT2D eigenvalue weighted by Crippen LogP contribution is -2.08. The highest BCUT2D eigenvalue weighted by Gasteiger charge is 2.02. The standard InChI is InChI=1S/C14H18ClN5/c1-2-7-17-12-8-13(20-14(16)19-12)18-9-10-3-5-11(15)6-4-10/h3-6,8H,2,7,9H2,1H3,(H4,16,17,18,19,20). The van der Waals surface area contributed by atoms with Crippen molar-refractivity contribution in [3.05, 3.63) is 40.9 Å². The Balaban J connectivity index is 2.01. The maximum atomic E-state index is 5.85. The third-order valence-corrected chi connectivity index (χ3v) is 2.94. The Morgan fingerprint density at radius 1 is 1.10 bits per heavy atom. The summed E-state index contributed by atoms with van der Waals surface area (Å²) in [5.41, 5.74) is 6.82. The Bertz CT molecular complexity index is 556. The molecule has 0 unspecified atom stereocenters. The summed E-state index contributed by atoms with van der Waals surface area (Å²) in [6, 6.07) is 9.51. The lowest BCUT2D eigenvalue weighted by molar-refractivity contribution is 0.965. The molecule has 0 saturated carbocycles. The van der Waals surface area contributed by atoms with Crippen molar-refractivity contribution in [2.75, 3.05) is 22.9 Å². The van der Waals surface area contributed by atoms with Crippen molar-refractivity contribution >= 4 is 29.2 Å². The molecule has 0 amide bonds. The van der Waals surface area contributed by atoms with E-state index in [0.29, 0.717) is 12.4 Å². The normalized spacial score (nSPS) is 10.3. The van der Waals surface area contributed by atoms with E-state index in [2.05, 4.69) is 27.5 Å². The summed E-state index contributed by atoms with van der Waals surface area (Å²) in [5.74, 6) is 1.69. The third-order valence-electron chi connectivity index (χ3n) is 2.69. The quantitative estimate of drug-likeness (QED) is 0.762. The van der Waals surface area contributed by atoms with E-state index in [0.717, 1.165) is 29.4 Å². The molecule has 0 bridgehead atoms. The lowest BCUT2D eigenvalue weighted by Gasteiger charge is -2.09. The molecular weight excluding hydrogens is 274 g/mol. The van der Waals surface area contributed by atoms with Gasteiger partial charge in [0.2, 0.25) is 5.95 Å². The fraction of sp³-hybridized carbons (Fsp3) is 0.286. The van der Waals surface area contributed by atoms with Gasteiger partial charge in [0.15, 0.2) is 0 Å². The van der Waals surface area contributed by atoms with Crippen molar-refractivity contribution < 1.29 is 0 Å². The van der Waals surface area contributed by atoms with Crippen LogP contribution in [0.15, 0.2) is 30.3 Å². The van der Waals surface area contributed by atoms with E-state index < -0.39 is 0 Å². The number of hydrogen-bond donors (Lipinski definition) is 3. The summed E-state index contributed by atoms with van der Waals surface area (Å²) < 4.78 is 0. The van der Waals surface area contributed by atoms with Crippen LogP contribution in [0, 0.1) is 0 Å². The Morgan fingerprint density at radius 2 is 1.75 bits per heavy atom. The van der Waals surface area contributed by atoms with E-state index in [1.165, 1.54) is 0 Å². The van der Waals surface area contributed by atoms with Crippen LogP contribution in [-0.4, -0.2) is 16.5 Å². The molecule has 20 heavy (non-hydrogen) atoms. The first-order valence-electron chi connectivity index (χ1n) is 6.54. The zero-order valence-corrected chi connectivity index (χ0v) is 12.1. The molecule has 0 radical (unpaired) electrons. The largest absolute Gasteiger partial charge is 0.370 e. The van der Waals surface area contributed by atoms with Crippen LogP contribution in [-0.2, 0) is 6.54 Å². The molecular formula is C14H18ClN5. The smallest absolute Gasteiger partial charge is 0.223 e. The van der Waals surface area contributed by atoms with Crippen molar-refractivity contribution in [2.24, 2.45) is 0 Å². The molecule has 5 nitrogen and oxygen atoms in total. The highest BCUT2D eigenvalue weighted by atomic mass is 35.5. The highest BCUT2D eigenvalue weighted by molar-refractivity contribution is 6.30. The summed E-state index contributed by atoms with van der Waals surface area (Å²) in [7, 11) is 0. The van der Waals surface area contributed by atoms with Crippen LogP contribution in [0.5, 0.6) is 0 Å². The van der Waals surface area contributed by atoms with Gasteiger partial charge in [-0.25, -0.2) is 0 Å². The van der Waals surface area contributed by atoms with Gasteiger partial charge >= 0.3 is 0 Å². The average molecular weight is 292 g/mol. The maximum Gasteiger partial charge on any atom is 0.223 e. The van der Waals surface area contributed by atoms with E-state index >= 15 is 0 Å². The van der Waals surface area contributed by atoms with E-state index in [1.54, 1.807) is 0 Å². The zero-order chi connectivity index (χ0) is 14.4. The van der Waals surface area contributed by atoms with Gasteiger partial charge in [0.05, 0.1) is 0 Å². The fourth-order valence-corrected chi connectivity index (χ4v) is 1.82. The number of nitrogens with zero attached hydrogens (tertiary/aromatic N) is 2. The van der Waals surface area contributed by atoms with E-state index in [4.69, 9.17) is 17.3 Å². The molecule has 4 N–H and O–H groups in total. The minimum Gasteiger partial charge on any atom is -0.370 e. The van der Waals surface area contributed by atoms with Gasteiger partial charge in [-0.3, -0.25) is 0 Å². The van der Waals surface area contributed by atoms with Gasteiger partial charge < -0.3 is 16.4 Å². The summed E-state index contributed by atoms with van der Waals surface area (Å²) in [6.45, 7) is 3.60. The predicted octanol–water partition coefficient (Wildman–Crippen LogP) is 3.15. The van der Waals surface area contributed by atoms with Gasteiger partial charge in [0.25, 0.3) is 0 Å². The van der Waals surface area contributed by atoms with Crippen LogP contribution >= 0.6 is 11.6 Å². The number of rotatable bonds is 6. The molecule has 0 saturated heterocycles. The highest BCUT2D eigenvalue weighted by Crippen LogP contribution is 2.15. The van der Waals surface area contributed by atoms with Crippen LogP contribution in [0.2, 0.25) is 5.02 Å². The molecule has 2 rings (SSSR count). The number of nitrogens with two attached hydrogens (primary N) is 1. The maximum absolute atomic E-state index is 5.85. The molecule has 1 aromatic carbocycles. The Labute approximate surface area is 123 Å². The second-order valence-corrected chi connectivity index (χ2v) is 4.84. The molecule has 6 heteroatoms. The number of nitrogen functional groups attached to an aromatic ring is 1. The Kier molecular flexibility index (Phi) is 5.01. The van der Waals surface area contributed by atoms with Gasteiger partial charge in [-0.2, -0.15) is 9.97 Å². The Hall–Kier alpha value is -2.01. The van der Waals surface area contributed by atoms with Gasteiger partial charge in [-0.1, -0.05) is 30.7 Å². The van der Waals surface area contributed by atoms with Crippen LogP contribution in [0.3, 0.4) is 0 Å². The van der Waals surface area contributed by atoms with Gasteiger partial charge in [0, 0.05) is 24.2 Å². The molecule has 1 heterocycles. The molecule has 2 aromatic rings. The molecule has 0 fully saturated rings. The number of anilines is 3. The summed E-state index contributed by atoms with van der Waals surface area (Å²) in [6.07, 6.45) is 1.03. The van der Waals surface area contributed by atoms with E-state index in [9.17, 15) is 0 Å². The SMILES string of the molecule is CCCNc1cc(NCc2ccc(Cl)cc2)nc(N)n1. The second kappa shape index (κ2) is 6.96. The number of aromatic nitrogens is 2. The molecule has 0 aliphatic heterocycles. The minimum absolute atomic E-state index is 0.254. The average Bonchev–Trinajstić information content (AvgIpc) is 2.44. The van der Waals surface area contributed by atoms with Crippen molar-refractivity contribution in [1.29, 1.82) is 0 Å². The first-order valence-corrected chi connectivity index (χ1v) is 6.92. The number of hydrogen-bond acceptors (Lipinski definition) is 5. The number of benzene rings is 1. The molecule has 0 aliphatic carbocycles. The molecule has 0 atom stereocenters. The Morgan fingerprint density at radius 3 is 2.40 bits per heavy atom. The van der Waals surface area contributed by atoms with Crippen molar-refractivity contribution in [2.45, 2.75) is 19.9 Å². The van der Waals surface area contributed by atoms with Gasteiger partial charge in [-0.05, 0) is 24.1 Å². The van der Waals surface area contributed by atoms with Crippen molar-refractivity contribution in [3.8, 4) is 0 Å². The third kappa shape index (κ3) is 4.28. The monoisotopic (exact) mass is 291 g/mol.